The highest BCUT2D eigenvalue weighted by Gasteiger charge is 2.53. The summed E-state index contributed by atoms with van der Waals surface area (Å²) in [6, 6.07) is 3.63. The molecule has 2 amide bonds. The van der Waals surface area contributed by atoms with E-state index in [1.807, 2.05) is 0 Å². The molecule has 3 fully saturated rings. The molecule has 0 radical (unpaired) electrons. The topological polar surface area (TPSA) is 117 Å². The van der Waals surface area contributed by atoms with Crippen molar-refractivity contribution in [1.29, 1.82) is 0 Å². The van der Waals surface area contributed by atoms with Gasteiger partial charge >= 0.3 is 0 Å². The Balaban J connectivity index is 0.00000259. The van der Waals surface area contributed by atoms with Crippen LogP contribution in [0.4, 0.5) is 0 Å². The molecule has 2 saturated heterocycles. The van der Waals surface area contributed by atoms with Crippen LogP contribution in [0.3, 0.4) is 0 Å². The minimum Gasteiger partial charge on any atom is -0.366 e. The molecule has 15 heteroatoms. The lowest BCUT2D eigenvalue weighted by atomic mass is 9.78. The molecule has 4 atom stereocenters. The summed E-state index contributed by atoms with van der Waals surface area (Å²) in [5.41, 5.74) is 1.64. The molecule has 1 aliphatic carbocycles. The van der Waals surface area contributed by atoms with Crippen molar-refractivity contribution in [3.63, 3.8) is 0 Å². The maximum atomic E-state index is 13.7. The molecule has 0 bridgehead atoms. The van der Waals surface area contributed by atoms with Crippen molar-refractivity contribution in [3.8, 4) is 0 Å². The van der Waals surface area contributed by atoms with Gasteiger partial charge in [0.2, 0.25) is 5.91 Å². The number of nitrogens with zero attached hydrogens (tertiary/aromatic N) is 3. The Kier molecular flexibility index (Phi) is 14.8. The number of nitrogens with one attached hydrogen (secondary N) is 2. The summed E-state index contributed by atoms with van der Waals surface area (Å²) in [6.07, 6.45) is 3.21. The van der Waals surface area contributed by atoms with Crippen LogP contribution in [0.25, 0.3) is 11.0 Å². The molecule has 5 rings (SSSR count). The summed E-state index contributed by atoms with van der Waals surface area (Å²) in [5, 5.41) is 13.1. The quantitative estimate of drug-likeness (QED) is 0.501. The van der Waals surface area contributed by atoms with Crippen molar-refractivity contribution >= 4 is 108 Å². The monoisotopic (exact) mass is 629 g/mol. The van der Waals surface area contributed by atoms with Crippen LogP contribution in [0.15, 0.2) is 18.2 Å². The van der Waals surface area contributed by atoms with Crippen LogP contribution in [-0.4, -0.2) is 74.6 Å². The van der Waals surface area contributed by atoms with Crippen molar-refractivity contribution in [3.05, 3.63) is 23.8 Å². The van der Waals surface area contributed by atoms with Crippen LogP contribution in [0.5, 0.6) is 0 Å². The van der Waals surface area contributed by atoms with Crippen LogP contribution in [-0.2, 0) is 14.3 Å². The molecule has 1 saturated carbocycles. The maximum absolute atomic E-state index is 13.7. The van der Waals surface area contributed by atoms with Gasteiger partial charge in [0.25, 0.3) is 5.91 Å². The minimum absolute atomic E-state index is 0. The number of Topliss-reactive ketones (excluding diaryl/α,β-unsaturated/α-hetero) is 1. The fraction of sp³-hybridized carbons (Fsp3) is 0.591. The highest BCUT2D eigenvalue weighted by Crippen LogP contribution is 2.35. The summed E-state index contributed by atoms with van der Waals surface area (Å²) < 4.78 is 5.53. The van der Waals surface area contributed by atoms with Gasteiger partial charge in [0, 0.05) is 12.1 Å². The SMILES string of the molecule is CC1CCC([C@H](NC(=O)c2ccc3n[nH]nc3c2)C(=O)N2C[C@H](Cl)[C@H]3OCC(=O)[C@H]32)CC1.S.S.S.S.S. The number of ether oxygens (including phenoxy) is 1. The standard InChI is InChI=1S/C22H26ClN5O4.5H2S/c1-11-2-4-12(5-3-11)18(22(31)28-9-14(23)20-19(28)17(29)10-32-20)24-21(30)13-6-7-15-16(8-13)26-27-25-15;;;;;/h6-8,11-12,14,18-20H,2-5,9-10H2,1H3,(H,24,30)(H,25,26,27);5*1H2/t11?,12?,14-,18-,19+,20+;;;;;/m0...../s1. The van der Waals surface area contributed by atoms with E-state index in [-0.39, 0.29) is 104 Å². The van der Waals surface area contributed by atoms with Crippen LogP contribution < -0.4 is 5.32 Å². The molecule has 3 heterocycles. The Morgan fingerprint density at radius 1 is 1.08 bits per heavy atom. The highest BCUT2D eigenvalue weighted by molar-refractivity contribution is 7.60. The first-order chi connectivity index (χ1) is 15.4. The molecular formula is C22H36ClN5O4S5. The summed E-state index contributed by atoms with van der Waals surface area (Å²) >= 11 is 6.40. The van der Waals surface area contributed by atoms with Crippen molar-refractivity contribution in [2.75, 3.05) is 13.2 Å². The molecule has 9 nitrogen and oxygen atoms in total. The predicted molar refractivity (Wildman–Crippen MR) is 168 cm³/mol. The number of aromatic amines is 1. The van der Waals surface area contributed by atoms with Gasteiger partial charge in [-0.3, -0.25) is 14.4 Å². The van der Waals surface area contributed by atoms with E-state index in [4.69, 9.17) is 16.3 Å². The second-order valence-electron chi connectivity index (χ2n) is 9.19. The van der Waals surface area contributed by atoms with Gasteiger partial charge in [0.1, 0.15) is 35.8 Å². The van der Waals surface area contributed by atoms with Gasteiger partial charge in [-0.15, -0.1) is 11.6 Å². The molecule has 3 aliphatic rings. The Bertz CT molecular complexity index is 1070. The molecule has 1 aromatic carbocycles. The second kappa shape index (κ2) is 15.1. The summed E-state index contributed by atoms with van der Waals surface area (Å²) in [6.45, 7) is 2.41. The van der Waals surface area contributed by atoms with E-state index < -0.39 is 23.6 Å². The van der Waals surface area contributed by atoms with Crippen molar-refractivity contribution in [1.82, 2.24) is 25.6 Å². The first-order valence-electron chi connectivity index (χ1n) is 11.1. The number of aromatic nitrogens is 3. The Morgan fingerprint density at radius 3 is 2.41 bits per heavy atom. The molecule has 37 heavy (non-hydrogen) atoms. The lowest BCUT2D eigenvalue weighted by Crippen LogP contribution is -2.55. The Labute approximate surface area is 256 Å². The number of fused-ring (bicyclic) bond motifs is 2. The van der Waals surface area contributed by atoms with Crippen molar-refractivity contribution < 1.29 is 19.1 Å². The molecule has 0 unspecified atom stereocenters. The van der Waals surface area contributed by atoms with Gasteiger partial charge in [-0.05, 0) is 42.9 Å². The number of H-pyrrole nitrogens is 1. The first kappa shape index (κ1) is 36.2. The predicted octanol–water partition coefficient (Wildman–Crippen LogP) is 2.23. The van der Waals surface area contributed by atoms with Crippen LogP contribution in [0.2, 0.25) is 0 Å². The highest BCUT2D eigenvalue weighted by atomic mass is 35.5. The van der Waals surface area contributed by atoms with E-state index in [0.29, 0.717) is 22.5 Å². The fourth-order valence-corrected chi connectivity index (χ4v) is 5.57. The number of benzene rings is 1. The van der Waals surface area contributed by atoms with E-state index in [9.17, 15) is 14.4 Å². The number of rotatable bonds is 4. The number of alkyl halides is 1. The Hall–Kier alpha value is -0.770. The number of hydrogen-bond donors (Lipinski definition) is 2. The molecule has 0 spiro atoms. The third-order valence-electron chi connectivity index (χ3n) is 7.07. The summed E-state index contributed by atoms with van der Waals surface area (Å²) in [4.78, 5) is 40.8. The number of halogens is 1. The van der Waals surface area contributed by atoms with E-state index in [2.05, 4.69) is 27.7 Å². The van der Waals surface area contributed by atoms with E-state index in [0.717, 1.165) is 25.7 Å². The van der Waals surface area contributed by atoms with Gasteiger partial charge in [0.05, 0.1) is 5.38 Å². The van der Waals surface area contributed by atoms with E-state index in [1.54, 1.807) is 18.2 Å². The zero-order valence-electron chi connectivity index (χ0n) is 20.3. The minimum atomic E-state index is -0.723. The lowest BCUT2D eigenvalue weighted by Gasteiger charge is -2.35. The van der Waals surface area contributed by atoms with Gasteiger partial charge < -0.3 is 15.0 Å². The molecular weight excluding hydrogens is 594 g/mol. The smallest absolute Gasteiger partial charge is 0.252 e. The lowest BCUT2D eigenvalue weighted by molar-refractivity contribution is -0.139. The molecule has 2 N–H and O–H groups in total. The van der Waals surface area contributed by atoms with Crippen molar-refractivity contribution in [2.24, 2.45) is 11.8 Å². The van der Waals surface area contributed by atoms with Crippen LogP contribution in [0, 0.1) is 11.8 Å². The molecule has 210 valence electrons. The number of carbonyl (C=O) groups is 3. The average molecular weight is 630 g/mol. The average Bonchev–Trinajstić information content (AvgIpc) is 3.49. The largest absolute Gasteiger partial charge is 0.366 e. The zero-order valence-corrected chi connectivity index (χ0v) is 26.0. The fourth-order valence-electron chi connectivity index (χ4n) is 5.21. The number of hydrogen-bond acceptors (Lipinski definition) is 6. The van der Waals surface area contributed by atoms with Crippen LogP contribution >= 0.6 is 79.1 Å². The Morgan fingerprint density at radius 2 is 1.73 bits per heavy atom. The number of likely N-dealkylation sites (tertiary alicyclic amines) is 1. The number of amides is 2. The third-order valence-corrected chi connectivity index (χ3v) is 7.46. The summed E-state index contributed by atoms with van der Waals surface area (Å²) in [7, 11) is 0. The van der Waals surface area contributed by atoms with E-state index in [1.165, 1.54) is 4.90 Å². The third kappa shape index (κ3) is 7.25. The van der Waals surface area contributed by atoms with Gasteiger partial charge in [-0.2, -0.15) is 82.9 Å². The maximum Gasteiger partial charge on any atom is 0.252 e. The summed E-state index contributed by atoms with van der Waals surface area (Å²) in [5.74, 6) is -0.133. The zero-order chi connectivity index (χ0) is 22.4. The normalized spacial score (nSPS) is 26.8. The van der Waals surface area contributed by atoms with Gasteiger partial charge in [-0.25, -0.2) is 0 Å². The van der Waals surface area contributed by atoms with Crippen LogP contribution in [0.1, 0.15) is 43.0 Å². The van der Waals surface area contributed by atoms with Gasteiger partial charge in [-0.1, -0.05) is 19.8 Å². The molecule has 2 aromatic rings. The number of ketones is 1. The second-order valence-corrected chi connectivity index (χ2v) is 9.75. The first-order valence-corrected chi connectivity index (χ1v) is 11.6. The van der Waals surface area contributed by atoms with Crippen molar-refractivity contribution in [2.45, 2.75) is 56.2 Å². The number of carbonyl (C=O) groups excluding carboxylic acids is 3. The van der Waals surface area contributed by atoms with Gasteiger partial charge in [0.15, 0.2) is 5.78 Å². The van der Waals surface area contributed by atoms with E-state index >= 15 is 0 Å². The molecule has 1 aromatic heterocycles. The molecule has 2 aliphatic heterocycles.